The third-order valence-electron chi connectivity index (χ3n) is 4.26. The lowest BCUT2D eigenvalue weighted by Crippen LogP contribution is -2.42. The summed E-state index contributed by atoms with van der Waals surface area (Å²) in [6.07, 6.45) is 0. The Balaban J connectivity index is 1.45. The van der Waals surface area contributed by atoms with Crippen molar-refractivity contribution in [1.29, 1.82) is 0 Å². The maximum atomic E-state index is 12.1. The summed E-state index contributed by atoms with van der Waals surface area (Å²) in [4.78, 5) is 24.1. The van der Waals surface area contributed by atoms with Gasteiger partial charge in [0, 0.05) is 10.9 Å². The first-order valence-corrected chi connectivity index (χ1v) is 9.62. The number of carbonyl (C=O) groups is 2. The number of fused-ring (bicyclic) bond motifs is 3. The second-order valence-corrected chi connectivity index (χ2v) is 7.12. The number of nitrogens with one attached hydrogen (secondary N) is 2. The van der Waals surface area contributed by atoms with E-state index in [4.69, 9.17) is 0 Å². The summed E-state index contributed by atoms with van der Waals surface area (Å²) < 4.78 is 1.93. The minimum Gasteiger partial charge on any atom is -0.272 e. The number of aryl methyl sites for hydroxylation is 1. The van der Waals surface area contributed by atoms with Gasteiger partial charge in [0.05, 0.1) is 11.3 Å². The fraction of sp³-hybridized carbons (Fsp3) is 0.100. The maximum Gasteiger partial charge on any atom is 0.269 e. The van der Waals surface area contributed by atoms with Gasteiger partial charge in [-0.05, 0) is 36.8 Å². The Morgan fingerprint density at radius 2 is 1.75 bits per heavy atom. The Morgan fingerprint density at radius 1 is 1.00 bits per heavy atom. The molecule has 2 heterocycles. The molecule has 0 atom stereocenters. The monoisotopic (exact) mass is 391 g/mol. The van der Waals surface area contributed by atoms with Gasteiger partial charge in [0.15, 0.2) is 10.8 Å². The average Bonchev–Trinajstić information content (AvgIpc) is 3.14. The third kappa shape index (κ3) is 3.54. The van der Waals surface area contributed by atoms with Crippen molar-refractivity contribution in [3.63, 3.8) is 0 Å². The quantitative estimate of drug-likeness (QED) is 0.413. The molecule has 0 bridgehead atoms. The van der Waals surface area contributed by atoms with Gasteiger partial charge in [0.25, 0.3) is 5.91 Å². The van der Waals surface area contributed by atoms with Crippen molar-refractivity contribution in [2.45, 2.75) is 12.1 Å². The first-order valence-electron chi connectivity index (χ1n) is 8.64. The lowest BCUT2D eigenvalue weighted by Gasteiger charge is -2.08. The third-order valence-corrected chi connectivity index (χ3v) is 5.19. The van der Waals surface area contributed by atoms with Crippen LogP contribution in [0.4, 0.5) is 0 Å². The predicted octanol–water partition coefficient (Wildman–Crippen LogP) is 2.74. The molecule has 0 saturated heterocycles. The molecule has 8 heteroatoms. The minimum absolute atomic E-state index is 0.0953. The maximum absolute atomic E-state index is 12.1. The highest BCUT2D eigenvalue weighted by atomic mass is 32.2. The van der Waals surface area contributed by atoms with Crippen LogP contribution in [0, 0.1) is 6.92 Å². The molecule has 0 aliphatic carbocycles. The average molecular weight is 391 g/mol. The van der Waals surface area contributed by atoms with Crippen molar-refractivity contribution in [1.82, 2.24) is 25.4 Å². The Morgan fingerprint density at radius 3 is 2.57 bits per heavy atom. The summed E-state index contributed by atoms with van der Waals surface area (Å²) in [7, 11) is 0. The highest BCUT2D eigenvalue weighted by Crippen LogP contribution is 2.25. The first-order chi connectivity index (χ1) is 13.6. The summed E-state index contributed by atoms with van der Waals surface area (Å²) in [6, 6.07) is 18.6. The molecule has 2 amide bonds. The Hall–Kier alpha value is -3.39. The number of benzene rings is 2. The van der Waals surface area contributed by atoms with E-state index in [1.165, 1.54) is 11.8 Å². The van der Waals surface area contributed by atoms with Crippen molar-refractivity contribution in [2.75, 3.05) is 5.75 Å². The Kier molecular flexibility index (Phi) is 4.94. The van der Waals surface area contributed by atoms with Crippen molar-refractivity contribution in [3.05, 3.63) is 71.8 Å². The number of carbonyl (C=O) groups excluding carboxylic acids is 2. The van der Waals surface area contributed by atoms with Gasteiger partial charge in [-0.1, -0.05) is 48.2 Å². The van der Waals surface area contributed by atoms with Gasteiger partial charge in [0.1, 0.15) is 0 Å². The van der Waals surface area contributed by atoms with Crippen LogP contribution >= 0.6 is 11.8 Å². The van der Waals surface area contributed by atoms with E-state index in [1.807, 2.05) is 47.7 Å². The fourth-order valence-corrected chi connectivity index (χ4v) is 3.67. The molecule has 0 aliphatic rings. The molecule has 0 spiro atoms. The van der Waals surface area contributed by atoms with E-state index in [0.29, 0.717) is 10.7 Å². The number of pyridine rings is 1. The number of thioether (sulfide) groups is 1. The molecule has 7 nitrogen and oxygen atoms in total. The smallest absolute Gasteiger partial charge is 0.269 e. The van der Waals surface area contributed by atoms with Gasteiger partial charge in [0.2, 0.25) is 5.91 Å². The molecule has 0 unspecified atom stereocenters. The molecule has 0 fully saturated rings. The van der Waals surface area contributed by atoms with E-state index >= 15 is 0 Å². The zero-order valence-corrected chi connectivity index (χ0v) is 15.9. The normalized spacial score (nSPS) is 10.9. The number of para-hydroxylation sites is 1. The summed E-state index contributed by atoms with van der Waals surface area (Å²) >= 11 is 1.26. The number of aromatic nitrogens is 3. The number of amides is 2. The van der Waals surface area contributed by atoms with Gasteiger partial charge in [-0.3, -0.25) is 24.8 Å². The Bertz CT molecular complexity index is 1170. The number of hydrogen-bond acceptors (Lipinski definition) is 5. The fourth-order valence-electron chi connectivity index (χ4n) is 2.92. The molecule has 4 rings (SSSR count). The second-order valence-electron chi connectivity index (χ2n) is 6.18. The van der Waals surface area contributed by atoms with Crippen LogP contribution in [0.3, 0.4) is 0 Å². The molecule has 0 aliphatic heterocycles. The Labute approximate surface area is 165 Å². The van der Waals surface area contributed by atoms with E-state index in [0.717, 1.165) is 22.1 Å². The predicted molar refractivity (Wildman–Crippen MR) is 108 cm³/mol. The van der Waals surface area contributed by atoms with Gasteiger partial charge in [-0.15, -0.1) is 10.2 Å². The van der Waals surface area contributed by atoms with Crippen LogP contribution < -0.4 is 10.9 Å². The van der Waals surface area contributed by atoms with Crippen LogP contribution in [0.15, 0.2) is 65.8 Å². The van der Waals surface area contributed by atoms with E-state index in [1.54, 1.807) is 24.3 Å². The van der Waals surface area contributed by atoms with Crippen molar-refractivity contribution < 1.29 is 9.59 Å². The van der Waals surface area contributed by atoms with Gasteiger partial charge in [-0.2, -0.15) is 0 Å². The molecule has 28 heavy (non-hydrogen) atoms. The van der Waals surface area contributed by atoms with E-state index in [2.05, 4.69) is 21.0 Å². The van der Waals surface area contributed by atoms with Gasteiger partial charge >= 0.3 is 0 Å². The lowest BCUT2D eigenvalue weighted by atomic mass is 10.1. The van der Waals surface area contributed by atoms with Gasteiger partial charge in [-0.25, -0.2) is 0 Å². The zero-order chi connectivity index (χ0) is 19.5. The van der Waals surface area contributed by atoms with Gasteiger partial charge < -0.3 is 0 Å². The van der Waals surface area contributed by atoms with Crippen LogP contribution in [-0.2, 0) is 4.79 Å². The van der Waals surface area contributed by atoms with Crippen LogP contribution in [0.2, 0.25) is 0 Å². The molecule has 0 radical (unpaired) electrons. The largest absolute Gasteiger partial charge is 0.272 e. The molecule has 2 aromatic carbocycles. The number of hydrazine groups is 1. The molecule has 2 N–H and O–H groups in total. The highest BCUT2D eigenvalue weighted by molar-refractivity contribution is 7.99. The molecule has 4 aromatic rings. The van der Waals surface area contributed by atoms with Crippen molar-refractivity contribution in [3.8, 4) is 0 Å². The summed E-state index contributed by atoms with van der Waals surface area (Å²) in [6.45, 7) is 2.03. The van der Waals surface area contributed by atoms with Crippen LogP contribution in [0.5, 0.6) is 0 Å². The minimum atomic E-state index is -0.367. The van der Waals surface area contributed by atoms with Crippen LogP contribution in [0.25, 0.3) is 16.6 Å². The van der Waals surface area contributed by atoms with Crippen molar-refractivity contribution in [2.24, 2.45) is 0 Å². The summed E-state index contributed by atoms with van der Waals surface area (Å²) in [5, 5.41) is 10.2. The second kappa shape index (κ2) is 7.69. The van der Waals surface area contributed by atoms with Crippen molar-refractivity contribution >= 4 is 40.1 Å². The molecular weight excluding hydrogens is 374 g/mol. The van der Waals surface area contributed by atoms with E-state index in [-0.39, 0.29) is 17.6 Å². The number of hydrogen-bond donors (Lipinski definition) is 2. The molecule has 140 valence electrons. The first kappa shape index (κ1) is 18.0. The SMILES string of the molecule is Cc1cc2nnc(SCC(=O)NNC(=O)c3ccccc3)n2c2ccccc12. The van der Waals surface area contributed by atoms with E-state index in [9.17, 15) is 9.59 Å². The molecular formula is C20H17N5O2S. The molecule has 0 saturated carbocycles. The van der Waals surface area contributed by atoms with Crippen LogP contribution in [-0.4, -0.2) is 32.2 Å². The number of rotatable bonds is 4. The highest BCUT2D eigenvalue weighted by Gasteiger charge is 2.13. The standard InChI is InChI=1S/C20H17N5O2S/c1-13-11-17-21-24-20(25(17)16-10-6-5-9-15(13)16)28-12-18(26)22-23-19(27)14-7-3-2-4-8-14/h2-11H,12H2,1H3,(H,22,26)(H,23,27). The topological polar surface area (TPSA) is 88.4 Å². The van der Waals surface area contributed by atoms with E-state index < -0.39 is 0 Å². The lowest BCUT2D eigenvalue weighted by molar-refractivity contribution is -0.119. The summed E-state index contributed by atoms with van der Waals surface area (Å²) in [5.74, 6) is -0.603. The van der Waals surface area contributed by atoms with Crippen LogP contribution in [0.1, 0.15) is 15.9 Å². The number of nitrogens with zero attached hydrogens (tertiary/aromatic N) is 3. The summed E-state index contributed by atoms with van der Waals surface area (Å²) in [5.41, 5.74) is 8.14. The zero-order valence-electron chi connectivity index (χ0n) is 15.0. The molecule has 2 aromatic heterocycles.